The molecule has 0 amide bonds. The van der Waals surface area contributed by atoms with Gasteiger partial charge in [-0.25, -0.2) is 0 Å². The fraction of sp³-hybridized carbons (Fsp3) is 0. The second-order valence-corrected chi connectivity index (χ2v) is 13.6. The fourth-order valence-electron chi connectivity index (χ4n) is 8.71. The van der Waals surface area contributed by atoms with Crippen LogP contribution in [0.15, 0.2) is 182 Å². The van der Waals surface area contributed by atoms with Gasteiger partial charge in [-0.05, 0) is 115 Å². The first-order valence-corrected chi connectivity index (χ1v) is 17.4. The number of hydrogen-bond donors (Lipinski definition) is 0. The van der Waals surface area contributed by atoms with E-state index in [4.69, 9.17) is 0 Å². The molecule has 11 aromatic rings. The molecule has 0 unspecified atom stereocenters. The van der Waals surface area contributed by atoms with Gasteiger partial charge in [0.25, 0.3) is 0 Å². The molecule has 0 aliphatic rings. The van der Waals surface area contributed by atoms with E-state index in [2.05, 4.69) is 182 Å². The fourth-order valence-corrected chi connectivity index (χ4v) is 8.71. The first-order valence-electron chi connectivity index (χ1n) is 17.4. The minimum Gasteiger partial charge on any atom is -0.0622 e. The van der Waals surface area contributed by atoms with Gasteiger partial charge in [0.15, 0.2) is 0 Å². The maximum atomic E-state index is 2.43. The summed E-state index contributed by atoms with van der Waals surface area (Å²) in [5, 5.41) is 15.7. The van der Waals surface area contributed by atoms with Crippen molar-refractivity contribution in [2.75, 3.05) is 0 Å². The minimum absolute atomic E-state index is 1.21. The Morgan fingerprint density at radius 1 is 0.200 bits per heavy atom. The lowest BCUT2D eigenvalue weighted by Crippen LogP contribution is -1.92. The molecule has 0 radical (unpaired) electrons. The summed E-state index contributed by atoms with van der Waals surface area (Å²) >= 11 is 0. The van der Waals surface area contributed by atoms with Crippen LogP contribution in [0, 0.1) is 0 Å². The lowest BCUT2D eigenvalue weighted by atomic mass is 9.84. The van der Waals surface area contributed by atoms with Gasteiger partial charge in [0, 0.05) is 0 Å². The van der Waals surface area contributed by atoms with E-state index in [1.54, 1.807) is 0 Å². The van der Waals surface area contributed by atoms with Crippen LogP contribution in [0.25, 0.3) is 109 Å². The van der Waals surface area contributed by atoms with Gasteiger partial charge in [-0.3, -0.25) is 0 Å². The summed E-state index contributed by atoms with van der Waals surface area (Å²) in [4.78, 5) is 0. The van der Waals surface area contributed by atoms with E-state index < -0.39 is 0 Å². The van der Waals surface area contributed by atoms with Gasteiger partial charge < -0.3 is 0 Å². The lowest BCUT2D eigenvalue weighted by molar-refractivity contribution is 1.57. The van der Waals surface area contributed by atoms with Gasteiger partial charge >= 0.3 is 0 Å². The molecule has 0 saturated carbocycles. The average molecular weight is 631 g/mol. The third kappa shape index (κ3) is 3.94. The van der Waals surface area contributed by atoms with Crippen molar-refractivity contribution in [1.82, 2.24) is 0 Å². The first-order chi connectivity index (χ1) is 24.8. The summed E-state index contributed by atoms with van der Waals surface area (Å²) in [6.45, 7) is 0. The highest BCUT2D eigenvalue weighted by Gasteiger charge is 2.19. The Morgan fingerprint density at radius 3 is 1.20 bits per heavy atom. The number of hydrogen-bond acceptors (Lipinski definition) is 0. The van der Waals surface area contributed by atoms with Crippen molar-refractivity contribution in [3.8, 4) is 44.5 Å². The summed E-state index contributed by atoms with van der Waals surface area (Å²) < 4.78 is 0. The highest BCUT2D eigenvalue weighted by Crippen LogP contribution is 2.46. The molecule has 0 fully saturated rings. The first kappa shape index (κ1) is 27.5. The Morgan fingerprint density at radius 2 is 0.620 bits per heavy atom. The predicted octanol–water partition coefficient (Wildman–Crippen LogP) is 14.1. The summed E-state index contributed by atoms with van der Waals surface area (Å²) in [5.41, 5.74) is 9.94. The van der Waals surface area contributed by atoms with Crippen molar-refractivity contribution in [1.29, 1.82) is 0 Å². The predicted molar refractivity (Wildman–Crippen MR) is 216 cm³/mol. The van der Waals surface area contributed by atoms with Crippen LogP contribution < -0.4 is 0 Å². The van der Waals surface area contributed by atoms with Gasteiger partial charge in [0.2, 0.25) is 0 Å². The van der Waals surface area contributed by atoms with E-state index in [0.717, 1.165) is 0 Å². The van der Waals surface area contributed by atoms with Gasteiger partial charge in [-0.1, -0.05) is 176 Å². The Balaban J connectivity index is 1.18. The summed E-state index contributed by atoms with van der Waals surface area (Å²) in [5.74, 6) is 0. The highest BCUT2D eigenvalue weighted by molar-refractivity contribution is 6.27. The lowest BCUT2D eigenvalue weighted by Gasteiger charge is -2.19. The van der Waals surface area contributed by atoms with E-state index in [0.29, 0.717) is 0 Å². The quantitative estimate of drug-likeness (QED) is 0.170. The van der Waals surface area contributed by atoms with Crippen LogP contribution in [0.5, 0.6) is 0 Å². The monoisotopic (exact) mass is 630 g/mol. The Hall–Kier alpha value is -6.50. The molecule has 0 spiro atoms. The molecule has 0 heterocycles. The molecule has 11 aromatic carbocycles. The molecule has 0 nitrogen and oxygen atoms in total. The van der Waals surface area contributed by atoms with Crippen molar-refractivity contribution in [3.05, 3.63) is 182 Å². The van der Waals surface area contributed by atoms with Crippen LogP contribution in [0.4, 0.5) is 0 Å². The molecule has 0 aliphatic carbocycles. The molecular formula is C50H30. The second kappa shape index (κ2) is 10.5. The molecule has 0 bridgehead atoms. The van der Waals surface area contributed by atoms with E-state index >= 15 is 0 Å². The van der Waals surface area contributed by atoms with Crippen LogP contribution >= 0.6 is 0 Å². The van der Waals surface area contributed by atoms with Crippen molar-refractivity contribution in [3.63, 3.8) is 0 Å². The summed E-state index contributed by atoms with van der Waals surface area (Å²) in [6.07, 6.45) is 0. The topological polar surface area (TPSA) is 0 Å². The maximum absolute atomic E-state index is 2.43. The smallest absolute Gasteiger partial charge is 0.00206 e. The van der Waals surface area contributed by atoms with Crippen molar-refractivity contribution in [2.45, 2.75) is 0 Å². The molecule has 0 atom stereocenters. The summed E-state index contributed by atoms with van der Waals surface area (Å²) in [6, 6.07) is 67.7. The normalized spacial score (nSPS) is 12.0. The number of rotatable bonds is 4. The molecule has 0 aliphatic heterocycles. The van der Waals surface area contributed by atoms with Crippen molar-refractivity contribution in [2.24, 2.45) is 0 Å². The van der Waals surface area contributed by atoms with E-state index in [1.165, 1.54) is 109 Å². The van der Waals surface area contributed by atoms with E-state index in [9.17, 15) is 0 Å². The minimum atomic E-state index is 1.21. The second-order valence-electron chi connectivity index (χ2n) is 13.6. The third-order valence-electron chi connectivity index (χ3n) is 11.0. The van der Waals surface area contributed by atoms with Crippen molar-refractivity contribution >= 4 is 64.6 Å². The standard InChI is InChI=1S/C50H30/c1-2-8-31(9-3-1)40-25-24-38(30-46(40)43-27-21-37-19-17-33-11-7-13-35-23-29-45(43)50(37)48(33)35)39-14-4-5-15-41(39)42-26-20-36-18-16-32-10-6-12-34-22-28-44(42)49(36)47(32)34/h1-30H. The molecule has 230 valence electrons. The van der Waals surface area contributed by atoms with Crippen LogP contribution in [0.3, 0.4) is 0 Å². The van der Waals surface area contributed by atoms with Crippen LogP contribution in [0.1, 0.15) is 0 Å². The SMILES string of the molecule is c1ccc(-c2ccc(-c3ccccc3-c3ccc4ccc5cccc6ccc3c4c56)cc2-c2ccc3ccc4cccc5ccc2c3c45)cc1. The number of benzene rings is 11. The van der Waals surface area contributed by atoms with Gasteiger partial charge in [-0.15, -0.1) is 0 Å². The van der Waals surface area contributed by atoms with Crippen LogP contribution in [-0.4, -0.2) is 0 Å². The van der Waals surface area contributed by atoms with E-state index in [1.807, 2.05) is 0 Å². The van der Waals surface area contributed by atoms with Crippen molar-refractivity contribution < 1.29 is 0 Å². The molecule has 0 heteroatoms. The Labute approximate surface area is 290 Å². The zero-order chi connectivity index (χ0) is 32.8. The molecule has 0 N–H and O–H groups in total. The van der Waals surface area contributed by atoms with Crippen LogP contribution in [0.2, 0.25) is 0 Å². The van der Waals surface area contributed by atoms with Gasteiger partial charge in [0.05, 0.1) is 0 Å². The Bertz CT molecular complexity index is 3040. The van der Waals surface area contributed by atoms with Crippen LogP contribution in [-0.2, 0) is 0 Å². The summed E-state index contributed by atoms with van der Waals surface area (Å²) in [7, 11) is 0. The molecule has 11 rings (SSSR count). The zero-order valence-corrected chi connectivity index (χ0v) is 27.3. The zero-order valence-electron chi connectivity index (χ0n) is 27.3. The molecule has 0 saturated heterocycles. The average Bonchev–Trinajstić information content (AvgIpc) is 3.19. The highest BCUT2D eigenvalue weighted by atomic mass is 14.2. The maximum Gasteiger partial charge on any atom is -0.00206 e. The molecular weight excluding hydrogens is 601 g/mol. The largest absolute Gasteiger partial charge is 0.0622 e. The third-order valence-corrected chi connectivity index (χ3v) is 11.0. The van der Waals surface area contributed by atoms with Gasteiger partial charge in [-0.2, -0.15) is 0 Å². The molecule has 50 heavy (non-hydrogen) atoms. The van der Waals surface area contributed by atoms with Gasteiger partial charge in [0.1, 0.15) is 0 Å². The Kier molecular flexibility index (Phi) is 5.76. The van der Waals surface area contributed by atoms with E-state index in [-0.39, 0.29) is 0 Å². The molecule has 0 aromatic heterocycles.